The zero-order chi connectivity index (χ0) is 17.9. The van der Waals surface area contributed by atoms with E-state index < -0.39 is 6.10 Å². The predicted octanol–water partition coefficient (Wildman–Crippen LogP) is 3.69. The number of amides is 1. The molecule has 0 aliphatic carbocycles. The lowest BCUT2D eigenvalue weighted by molar-refractivity contribution is -0.136. The van der Waals surface area contributed by atoms with E-state index in [9.17, 15) is 4.79 Å². The van der Waals surface area contributed by atoms with Gasteiger partial charge in [-0.05, 0) is 56.2 Å². The summed E-state index contributed by atoms with van der Waals surface area (Å²) in [6.45, 7) is 3.49. The molecule has 5 heteroatoms. The Hall–Kier alpha value is -2.95. The van der Waals surface area contributed by atoms with Crippen molar-refractivity contribution in [3.8, 4) is 17.0 Å². The van der Waals surface area contributed by atoms with E-state index in [-0.39, 0.29) is 5.91 Å². The number of aromatic nitrogens is 2. The molecule has 1 amide bonds. The van der Waals surface area contributed by atoms with Crippen LogP contribution in [-0.4, -0.2) is 40.0 Å². The van der Waals surface area contributed by atoms with E-state index in [1.54, 1.807) is 6.20 Å². The van der Waals surface area contributed by atoms with Crippen LogP contribution in [0, 0.1) is 0 Å². The Morgan fingerprint density at radius 2 is 1.73 bits per heavy atom. The Labute approximate surface area is 152 Å². The number of fused-ring (bicyclic) bond motifs is 1. The van der Waals surface area contributed by atoms with Gasteiger partial charge in [0.25, 0.3) is 5.91 Å². The summed E-state index contributed by atoms with van der Waals surface area (Å²) in [6.07, 6.45) is 3.47. The van der Waals surface area contributed by atoms with Gasteiger partial charge in [-0.1, -0.05) is 12.1 Å². The molecule has 1 fully saturated rings. The van der Waals surface area contributed by atoms with Crippen molar-refractivity contribution in [2.75, 3.05) is 13.1 Å². The molecule has 0 radical (unpaired) electrons. The topological polar surface area (TPSA) is 55.3 Å². The van der Waals surface area contributed by atoms with E-state index in [1.165, 1.54) is 0 Å². The maximum absolute atomic E-state index is 12.3. The molecule has 1 saturated heterocycles. The van der Waals surface area contributed by atoms with E-state index in [1.807, 2.05) is 60.4 Å². The normalized spacial score (nSPS) is 15.2. The average molecular weight is 347 g/mol. The predicted molar refractivity (Wildman–Crippen MR) is 101 cm³/mol. The molecule has 0 saturated carbocycles. The van der Waals surface area contributed by atoms with Gasteiger partial charge in [-0.2, -0.15) is 0 Å². The van der Waals surface area contributed by atoms with Crippen molar-refractivity contribution in [3.63, 3.8) is 0 Å². The first-order chi connectivity index (χ1) is 12.7. The first-order valence-electron chi connectivity index (χ1n) is 8.98. The zero-order valence-corrected chi connectivity index (χ0v) is 14.8. The molecule has 26 heavy (non-hydrogen) atoms. The summed E-state index contributed by atoms with van der Waals surface area (Å²) >= 11 is 0. The molecular formula is C21H21N3O2. The molecule has 1 aliphatic rings. The van der Waals surface area contributed by atoms with Crippen LogP contribution in [0.4, 0.5) is 0 Å². The Morgan fingerprint density at radius 1 is 1.04 bits per heavy atom. The molecule has 1 unspecified atom stereocenters. The lowest BCUT2D eigenvalue weighted by Gasteiger charge is -2.21. The van der Waals surface area contributed by atoms with Crippen LogP contribution in [-0.2, 0) is 4.79 Å². The van der Waals surface area contributed by atoms with Gasteiger partial charge < -0.3 is 9.64 Å². The average Bonchev–Trinajstić information content (AvgIpc) is 3.22. The molecule has 1 aliphatic heterocycles. The highest BCUT2D eigenvalue weighted by Gasteiger charge is 2.24. The second kappa shape index (κ2) is 7.12. The number of likely N-dealkylation sites (tertiary alicyclic amines) is 1. The number of nitrogens with zero attached hydrogens (tertiary/aromatic N) is 3. The number of para-hydroxylation sites is 2. The molecule has 132 valence electrons. The second-order valence-corrected chi connectivity index (χ2v) is 6.56. The molecule has 0 spiro atoms. The van der Waals surface area contributed by atoms with E-state index in [2.05, 4.69) is 9.97 Å². The third kappa shape index (κ3) is 3.38. The Bertz CT molecular complexity index is 918. The highest BCUT2D eigenvalue weighted by molar-refractivity contribution is 5.81. The lowest BCUT2D eigenvalue weighted by Crippen LogP contribution is -2.38. The SMILES string of the molecule is CC(Oc1ccc(-c2cnc3ccccc3n2)cc1)C(=O)N1CCCC1. The van der Waals surface area contributed by atoms with Crippen molar-refractivity contribution >= 4 is 16.9 Å². The fourth-order valence-electron chi connectivity index (χ4n) is 3.25. The minimum atomic E-state index is -0.473. The molecule has 3 aromatic rings. The minimum absolute atomic E-state index is 0.0620. The van der Waals surface area contributed by atoms with Crippen molar-refractivity contribution in [2.24, 2.45) is 0 Å². The van der Waals surface area contributed by atoms with Gasteiger partial charge in [-0.15, -0.1) is 0 Å². The zero-order valence-electron chi connectivity index (χ0n) is 14.8. The quantitative estimate of drug-likeness (QED) is 0.722. The number of benzene rings is 2. The van der Waals surface area contributed by atoms with Gasteiger partial charge in [0.05, 0.1) is 22.9 Å². The summed E-state index contributed by atoms with van der Waals surface area (Å²) in [4.78, 5) is 23.3. The van der Waals surface area contributed by atoms with Crippen molar-refractivity contribution in [1.82, 2.24) is 14.9 Å². The highest BCUT2D eigenvalue weighted by atomic mass is 16.5. The van der Waals surface area contributed by atoms with Crippen LogP contribution in [0.1, 0.15) is 19.8 Å². The van der Waals surface area contributed by atoms with Crippen LogP contribution in [0.25, 0.3) is 22.3 Å². The van der Waals surface area contributed by atoms with E-state index in [4.69, 9.17) is 4.74 Å². The van der Waals surface area contributed by atoms with E-state index in [0.29, 0.717) is 5.75 Å². The summed E-state index contributed by atoms with van der Waals surface area (Å²) in [5.74, 6) is 0.745. The fourth-order valence-corrected chi connectivity index (χ4v) is 3.25. The Morgan fingerprint density at radius 3 is 2.46 bits per heavy atom. The van der Waals surface area contributed by atoms with Crippen LogP contribution >= 0.6 is 0 Å². The van der Waals surface area contributed by atoms with Gasteiger partial charge in [0.15, 0.2) is 6.10 Å². The molecule has 1 aromatic heterocycles. The van der Waals surface area contributed by atoms with Crippen LogP contribution in [0.2, 0.25) is 0 Å². The van der Waals surface area contributed by atoms with Gasteiger partial charge in [0.2, 0.25) is 0 Å². The maximum atomic E-state index is 12.3. The van der Waals surface area contributed by atoms with Gasteiger partial charge in [-0.25, -0.2) is 4.98 Å². The minimum Gasteiger partial charge on any atom is -0.481 e. The second-order valence-electron chi connectivity index (χ2n) is 6.56. The van der Waals surface area contributed by atoms with Crippen molar-refractivity contribution in [3.05, 3.63) is 54.7 Å². The molecule has 1 atom stereocenters. The molecule has 2 heterocycles. The number of rotatable bonds is 4. The van der Waals surface area contributed by atoms with Gasteiger partial charge >= 0.3 is 0 Å². The summed E-state index contributed by atoms with van der Waals surface area (Å²) in [5.41, 5.74) is 3.53. The molecule has 2 aromatic carbocycles. The smallest absolute Gasteiger partial charge is 0.263 e. The molecule has 0 N–H and O–H groups in total. The Balaban J connectivity index is 1.48. The van der Waals surface area contributed by atoms with Gasteiger partial charge in [0.1, 0.15) is 5.75 Å². The lowest BCUT2D eigenvalue weighted by atomic mass is 10.1. The summed E-state index contributed by atoms with van der Waals surface area (Å²) in [6, 6.07) is 15.4. The van der Waals surface area contributed by atoms with Crippen LogP contribution in [0.15, 0.2) is 54.7 Å². The fraction of sp³-hybridized carbons (Fsp3) is 0.286. The molecule has 0 bridgehead atoms. The number of ether oxygens (including phenoxy) is 1. The summed E-state index contributed by atoms with van der Waals surface area (Å²) in [7, 11) is 0. The van der Waals surface area contributed by atoms with Crippen molar-refractivity contribution in [2.45, 2.75) is 25.9 Å². The molecule has 5 nitrogen and oxygen atoms in total. The molecular weight excluding hydrogens is 326 g/mol. The van der Waals surface area contributed by atoms with Gasteiger partial charge in [0, 0.05) is 18.7 Å². The van der Waals surface area contributed by atoms with Crippen molar-refractivity contribution in [1.29, 1.82) is 0 Å². The van der Waals surface area contributed by atoms with E-state index in [0.717, 1.165) is 48.2 Å². The number of carbonyl (C=O) groups excluding carboxylic acids is 1. The third-order valence-electron chi connectivity index (χ3n) is 4.68. The Kier molecular flexibility index (Phi) is 4.52. The van der Waals surface area contributed by atoms with E-state index >= 15 is 0 Å². The molecule has 4 rings (SSSR count). The number of hydrogen-bond donors (Lipinski definition) is 0. The van der Waals surface area contributed by atoms with Crippen LogP contribution in [0.3, 0.4) is 0 Å². The first-order valence-corrected chi connectivity index (χ1v) is 8.98. The number of hydrogen-bond acceptors (Lipinski definition) is 4. The van der Waals surface area contributed by atoms with Gasteiger partial charge in [-0.3, -0.25) is 9.78 Å². The largest absolute Gasteiger partial charge is 0.481 e. The maximum Gasteiger partial charge on any atom is 0.263 e. The van der Waals surface area contributed by atoms with Crippen molar-refractivity contribution < 1.29 is 9.53 Å². The van der Waals surface area contributed by atoms with Crippen LogP contribution in [0.5, 0.6) is 5.75 Å². The highest BCUT2D eigenvalue weighted by Crippen LogP contribution is 2.23. The summed E-state index contributed by atoms with van der Waals surface area (Å²) < 4.78 is 5.82. The monoisotopic (exact) mass is 347 g/mol. The first kappa shape index (κ1) is 16.5. The third-order valence-corrected chi connectivity index (χ3v) is 4.68. The standard InChI is InChI=1S/C21H21N3O2/c1-15(21(25)24-12-4-5-13-24)26-17-10-8-16(9-11-17)20-14-22-18-6-2-3-7-19(18)23-20/h2-3,6-11,14-15H,4-5,12-13H2,1H3. The number of carbonyl (C=O) groups is 1. The van der Waals surface area contributed by atoms with Crippen LogP contribution < -0.4 is 4.74 Å². The summed E-state index contributed by atoms with van der Waals surface area (Å²) in [5, 5.41) is 0.